The molecule has 0 radical (unpaired) electrons. The van der Waals surface area contributed by atoms with Crippen LogP contribution in [-0.4, -0.2) is 19.9 Å². The van der Waals surface area contributed by atoms with Gasteiger partial charge in [-0.2, -0.15) is 4.98 Å². The van der Waals surface area contributed by atoms with Crippen LogP contribution < -0.4 is 0 Å². The van der Waals surface area contributed by atoms with Crippen LogP contribution in [0.1, 0.15) is 25.5 Å². The van der Waals surface area contributed by atoms with Crippen LogP contribution in [0.5, 0.6) is 0 Å². The van der Waals surface area contributed by atoms with Crippen LogP contribution in [0.2, 0.25) is 0 Å². The summed E-state index contributed by atoms with van der Waals surface area (Å²) in [4.78, 5) is 14.4. The second-order valence-electron chi connectivity index (χ2n) is 3.23. The maximum absolute atomic E-state index is 5.02. The molecule has 4 nitrogen and oxygen atoms in total. The lowest BCUT2D eigenvalue weighted by molar-refractivity contribution is 0.777. The summed E-state index contributed by atoms with van der Waals surface area (Å²) in [6.45, 7) is 2.17. The minimum Gasteiger partial charge on any atom is -0.342 e. The molecule has 0 atom stereocenters. The third kappa shape index (κ3) is 1.68. The second-order valence-corrected chi connectivity index (χ2v) is 3.61. The first kappa shape index (κ1) is 9.33. The lowest BCUT2D eigenvalue weighted by Crippen LogP contribution is -1.95. The Balaban J connectivity index is 2.50. The standard InChI is InChI=1S/C9H12N4S/c1-2-3-4-6-7-8(11-5-10-7)13-9(14)12-6/h5H,2-4H2,1H3,(H2,10,11,12,13,14). The van der Waals surface area contributed by atoms with E-state index in [4.69, 9.17) is 12.2 Å². The smallest absolute Gasteiger partial charge is 0.199 e. The van der Waals surface area contributed by atoms with Crippen molar-refractivity contribution < 1.29 is 0 Å². The van der Waals surface area contributed by atoms with Crippen LogP contribution in [0.3, 0.4) is 0 Å². The summed E-state index contributed by atoms with van der Waals surface area (Å²) in [6.07, 6.45) is 4.94. The van der Waals surface area contributed by atoms with Gasteiger partial charge in [0, 0.05) is 5.69 Å². The van der Waals surface area contributed by atoms with Gasteiger partial charge in [0.15, 0.2) is 10.4 Å². The van der Waals surface area contributed by atoms with Crippen molar-refractivity contribution in [2.45, 2.75) is 26.2 Å². The molecule has 2 N–H and O–H groups in total. The molecule has 0 unspecified atom stereocenters. The highest BCUT2D eigenvalue weighted by Crippen LogP contribution is 2.12. The van der Waals surface area contributed by atoms with Gasteiger partial charge in [-0.25, -0.2) is 4.98 Å². The highest BCUT2D eigenvalue weighted by atomic mass is 32.1. The first-order chi connectivity index (χ1) is 6.81. The Morgan fingerprint density at radius 3 is 3.14 bits per heavy atom. The summed E-state index contributed by atoms with van der Waals surface area (Å²) in [5.74, 6) is 0. The third-order valence-electron chi connectivity index (χ3n) is 2.17. The molecule has 2 aromatic heterocycles. The summed E-state index contributed by atoms with van der Waals surface area (Å²) < 4.78 is 0.510. The van der Waals surface area contributed by atoms with Crippen molar-refractivity contribution >= 4 is 23.4 Å². The molecule has 14 heavy (non-hydrogen) atoms. The first-order valence-corrected chi connectivity index (χ1v) is 5.14. The number of hydrogen-bond donors (Lipinski definition) is 2. The molecule has 0 saturated heterocycles. The zero-order valence-electron chi connectivity index (χ0n) is 8.00. The number of rotatable bonds is 3. The number of hydrogen-bond acceptors (Lipinski definition) is 3. The number of nitrogens with zero attached hydrogens (tertiary/aromatic N) is 2. The summed E-state index contributed by atoms with van der Waals surface area (Å²) in [7, 11) is 0. The lowest BCUT2D eigenvalue weighted by Gasteiger charge is -2.00. The summed E-state index contributed by atoms with van der Waals surface area (Å²) in [5, 5.41) is 0. The minimum absolute atomic E-state index is 0.510. The molecule has 2 rings (SSSR count). The Labute approximate surface area is 86.8 Å². The number of aryl methyl sites for hydroxylation is 1. The van der Waals surface area contributed by atoms with Gasteiger partial charge in [-0.15, -0.1) is 0 Å². The number of aromatic amines is 2. The van der Waals surface area contributed by atoms with Gasteiger partial charge in [0.25, 0.3) is 0 Å². The average molecular weight is 208 g/mol. The molecule has 0 aromatic carbocycles. The number of imidazole rings is 1. The van der Waals surface area contributed by atoms with E-state index in [-0.39, 0.29) is 0 Å². The van der Waals surface area contributed by atoms with E-state index in [0.717, 1.165) is 24.1 Å². The normalized spacial score (nSPS) is 10.9. The highest BCUT2D eigenvalue weighted by Gasteiger charge is 2.04. The van der Waals surface area contributed by atoms with E-state index in [1.54, 1.807) is 6.33 Å². The van der Waals surface area contributed by atoms with Crippen LogP contribution in [0.15, 0.2) is 6.33 Å². The molecule has 74 valence electrons. The topological polar surface area (TPSA) is 57.4 Å². The fourth-order valence-electron chi connectivity index (χ4n) is 1.45. The number of fused-ring (bicyclic) bond motifs is 1. The Bertz CT molecular complexity index is 485. The Hall–Kier alpha value is -1.23. The van der Waals surface area contributed by atoms with Crippen molar-refractivity contribution in [1.29, 1.82) is 0 Å². The summed E-state index contributed by atoms with van der Waals surface area (Å²) >= 11 is 5.02. The van der Waals surface area contributed by atoms with Gasteiger partial charge in [-0.1, -0.05) is 13.3 Å². The minimum atomic E-state index is 0.510. The predicted octanol–water partition coefficient (Wildman–Crippen LogP) is 2.36. The third-order valence-corrected chi connectivity index (χ3v) is 2.36. The molecule has 2 aromatic rings. The summed E-state index contributed by atoms with van der Waals surface area (Å²) in [6, 6.07) is 0. The zero-order chi connectivity index (χ0) is 9.97. The molecule has 0 aliphatic heterocycles. The van der Waals surface area contributed by atoms with Crippen molar-refractivity contribution in [2.24, 2.45) is 0 Å². The van der Waals surface area contributed by atoms with E-state index in [2.05, 4.69) is 26.9 Å². The number of unbranched alkanes of at least 4 members (excludes halogenated alkanes) is 1. The number of aromatic nitrogens is 4. The van der Waals surface area contributed by atoms with E-state index >= 15 is 0 Å². The second kappa shape index (κ2) is 3.88. The molecule has 0 fully saturated rings. The molecule has 0 aliphatic carbocycles. The lowest BCUT2D eigenvalue weighted by atomic mass is 10.2. The van der Waals surface area contributed by atoms with E-state index in [0.29, 0.717) is 10.4 Å². The maximum atomic E-state index is 5.02. The van der Waals surface area contributed by atoms with Gasteiger partial charge >= 0.3 is 0 Å². The van der Waals surface area contributed by atoms with Gasteiger partial charge in [0.1, 0.15) is 5.52 Å². The molecule has 0 aliphatic rings. The van der Waals surface area contributed by atoms with Crippen molar-refractivity contribution in [3.05, 3.63) is 16.8 Å². The molecule has 0 amide bonds. The molecular weight excluding hydrogens is 196 g/mol. The van der Waals surface area contributed by atoms with Crippen LogP contribution >= 0.6 is 12.2 Å². The van der Waals surface area contributed by atoms with Crippen LogP contribution in [0, 0.1) is 4.77 Å². The average Bonchev–Trinajstić information content (AvgIpc) is 2.61. The number of H-pyrrole nitrogens is 2. The number of nitrogens with one attached hydrogen (secondary N) is 2. The van der Waals surface area contributed by atoms with Crippen molar-refractivity contribution in [3.8, 4) is 0 Å². The van der Waals surface area contributed by atoms with E-state index in [1.165, 1.54) is 6.42 Å². The maximum Gasteiger partial charge on any atom is 0.199 e. The van der Waals surface area contributed by atoms with Gasteiger partial charge in [0.05, 0.1) is 6.33 Å². The Kier molecular flexibility index (Phi) is 2.58. The van der Waals surface area contributed by atoms with Gasteiger partial charge in [-0.3, -0.25) is 0 Å². The molecule has 5 heteroatoms. The molecule has 0 saturated carbocycles. The van der Waals surface area contributed by atoms with Gasteiger partial charge in [-0.05, 0) is 25.1 Å². The fraction of sp³-hybridized carbons (Fsp3) is 0.444. The monoisotopic (exact) mass is 208 g/mol. The van der Waals surface area contributed by atoms with Crippen LogP contribution in [0.25, 0.3) is 11.2 Å². The molecule has 0 spiro atoms. The zero-order valence-corrected chi connectivity index (χ0v) is 8.82. The first-order valence-electron chi connectivity index (χ1n) is 4.73. The van der Waals surface area contributed by atoms with Crippen molar-refractivity contribution in [2.75, 3.05) is 0 Å². The highest BCUT2D eigenvalue weighted by molar-refractivity contribution is 7.71. The Morgan fingerprint density at radius 1 is 1.50 bits per heavy atom. The van der Waals surface area contributed by atoms with Crippen LogP contribution in [-0.2, 0) is 6.42 Å². The Morgan fingerprint density at radius 2 is 2.36 bits per heavy atom. The molecule has 0 bridgehead atoms. The van der Waals surface area contributed by atoms with Crippen molar-refractivity contribution in [3.63, 3.8) is 0 Å². The van der Waals surface area contributed by atoms with E-state index in [1.807, 2.05) is 0 Å². The van der Waals surface area contributed by atoms with E-state index < -0.39 is 0 Å². The van der Waals surface area contributed by atoms with Crippen LogP contribution in [0.4, 0.5) is 0 Å². The van der Waals surface area contributed by atoms with E-state index in [9.17, 15) is 0 Å². The fourth-order valence-corrected chi connectivity index (χ4v) is 1.66. The van der Waals surface area contributed by atoms with Gasteiger partial charge in [0.2, 0.25) is 0 Å². The summed E-state index contributed by atoms with van der Waals surface area (Å²) in [5.41, 5.74) is 2.80. The van der Waals surface area contributed by atoms with Crippen molar-refractivity contribution in [1.82, 2.24) is 19.9 Å². The van der Waals surface area contributed by atoms with Gasteiger partial charge < -0.3 is 9.97 Å². The quantitative estimate of drug-likeness (QED) is 0.761. The molecular formula is C9H12N4S. The molecule has 2 heterocycles. The predicted molar refractivity (Wildman–Crippen MR) is 57.7 cm³/mol. The largest absolute Gasteiger partial charge is 0.342 e. The SMILES string of the molecule is CCCCc1[nH]c(=S)nc2nc[nH]c12.